The van der Waals surface area contributed by atoms with Crippen LogP contribution in [0.15, 0.2) is 24.3 Å². The maximum atomic E-state index is 13.3. The number of amides is 2. The monoisotopic (exact) mass is 250 g/mol. The van der Waals surface area contributed by atoms with Gasteiger partial charge in [-0.15, -0.1) is 0 Å². The number of halogens is 1. The Kier molecular flexibility index (Phi) is 3.92. The fourth-order valence-electron chi connectivity index (χ4n) is 1.98. The highest BCUT2D eigenvalue weighted by Gasteiger charge is 2.25. The van der Waals surface area contributed by atoms with Gasteiger partial charge in [0, 0.05) is 31.0 Å². The van der Waals surface area contributed by atoms with Gasteiger partial charge in [0.2, 0.25) is 11.8 Å². The van der Waals surface area contributed by atoms with Crippen molar-refractivity contribution in [2.45, 2.75) is 19.4 Å². The molecule has 1 heterocycles. The van der Waals surface area contributed by atoms with Crippen LogP contribution in [-0.2, 0) is 16.1 Å². The molecule has 2 N–H and O–H groups in total. The van der Waals surface area contributed by atoms with E-state index in [0.29, 0.717) is 18.5 Å². The van der Waals surface area contributed by atoms with Crippen LogP contribution in [0.4, 0.5) is 4.39 Å². The summed E-state index contributed by atoms with van der Waals surface area (Å²) < 4.78 is 13.3. The lowest BCUT2D eigenvalue weighted by Gasteiger charge is -2.21. The third-order valence-corrected chi connectivity index (χ3v) is 3.03. The molecule has 1 fully saturated rings. The molecule has 0 aliphatic carbocycles. The Morgan fingerprint density at radius 1 is 1.44 bits per heavy atom. The smallest absolute Gasteiger partial charge is 0.223 e. The van der Waals surface area contributed by atoms with E-state index < -0.39 is 0 Å². The summed E-state index contributed by atoms with van der Waals surface area (Å²) in [7, 11) is 0. The molecule has 0 saturated carbocycles. The molecular weight excluding hydrogens is 235 g/mol. The predicted molar refractivity (Wildman–Crippen MR) is 64.0 cm³/mol. The Morgan fingerprint density at radius 3 is 2.94 bits per heavy atom. The minimum Gasteiger partial charge on any atom is -0.356 e. The summed E-state index contributed by atoms with van der Waals surface area (Å²) in [6.07, 6.45) is 0.845. The first-order valence-corrected chi connectivity index (χ1v) is 5.94. The van der Waals surface area contributed by atoms with Crippen LogP contribution >= 0.6 is 0 Å². The van der Waals surface area contributed by atoms with Gasteiger partial charge in [-0.25, -0.2) is 4.39 Å². The normalized spacial score (nSPS) is 19.2. The van der Waals surface area contributed by atoms with Crippen molar-refractivity contribution < 1.29 is 14.0 Å². The zero-order valence-corrected chi connectivity index (χ0v) is 9.91. The van der Waals surface area contributed by atoms with Crippen LogP contribution in [0, 0.1) is 11.7 Å². The third-order valence-electron chi connectivity index (χ3n) is 3.03. The van der Waals surface area contributed by atoms with Gasteiger partial charge in [-0.1, -0.05) is 18.2 Å². The van der Waals surface area contributed by atoms with Gasteiger partial charge < -0.3 is 10.6 Å². The van der Waals surface area contributed by atoms with Crippen molar-refractivity contribution in [1.29, 1.82) is 0 Å². The summed E-state index contributed by atoms with van der Waals surface area (Å²) in [5, 5.41) is 5.34. The lowest BCUT2D eigenvalue weighted by atomic mass is 9.96. The zero-order chi connectivity index (χ0) is 13.0. The molecule has 1 atom stereocenters. The van der Waals surface area contributed by atoms with Gasteiger partial charge in [0.1, 0.15) is 5.82 Å². The first-order chi connectivity index (χ1) is 8.66. The van der Waals surface area contributed by atoms with Gasteiger partial charge in [0.05, 0.1) is 0 Å². The van der Waals surface area contributed by atoms with Crippen molar-refractivity contribution in [3.63, 3.8) is 0 Å². The lowest BCUT2D eigenvalue weighted by Crippen LogP contribution is -2.40. The van der Waals surface area contributed by atoms with Crippen molar-refractivity contribution >= 4 is 11.8 Å². The molecule has 96 valence electrons. The second-order valence-electron chi connectivity index (χ2n) is 4.35. The van der Waals surface area contributed by atoms with Crippen LogP contribution < -0.4 is 10.6 Å². The zero-order valence-electron chi connectivity index (χ0n) is 9.91. The molecule has 0 spiro atoms. The van der Waals surface area contributed by atoms with Gasteiger partial charge in [-0.3, -0.25) is 9.59 Å². The molecule has 4 nitrogen and oxygen atoms in total. The van der Waals surface area contributed by atoms with Gasteiger partial charge in [0.15, 0.2) is 0 Å². The molecule has 1 saturated heterocycles. The minimum atomic E-state index is -0.334. The van der Waals surface area contributed by atoms with Crippen LogP contribution in [0.1, 0.15) is 18.4 Å². The van der Waals surface area contributed by atoms with E-state index in [1.807, 2.05) is 0 Å². The first kappa shape index (κ1) is 12.5. The molecule has 18 heavy (non-hydrogen) atoms. The van der Waals surface area contributed by atoms with Gasteiger partial charge >= 0.3 is 0 Å². The van der Waals surface area contributed by atoms with E-state index in [2.05, 4.69) is 10.6 Å². The highest BCUT2D eigenvalue weighted by Crippen LogP contribution is 2.13. The fraction of sp³-hybridized carbons (Fsp3) is 0.385. The molecule has 0 aromatic heterocycles. The Labute approximate surface area is 105 Å². The number of carbonyl (C=O) groups is 2. The summed E-state index contributed by atoms with van der Waals surface area (Å²) in [5.41, 5.74) is 0.450. The second kappa shape index (κ2) is 5.62. The van der Waals surface area contributed by atoms with Crippen molar-refractivity contribution in [3.05, 3.63) is 35.6 Å². The van der Waals surface area contributed by atoms with Crippen molar-refractivity contribution in [2.75, 3.05) is 6.54 Å². The number of rotatable bonds is 3. The van der Waals surface area contributed by atoms with Crippen LogP contribution in [0.2, 0.25) is 0 Å². The molecule has 1 aromatic rings. The summed E-state index contributed by atoms with van der Waals surface area (Å²) in [5.74, 6) is -0.926. The molecule has 1 aliphatic rings. The number of hydrogen-bond acceptors (Lipinski definition) is 2. The fourth-order valence-corrected chi connectivity index (χ4v) is 1.98. The van der Waals surface area contributed by atoms with E-state index >= 15 is 0 Å². The number of hydrogen-bond donors (Lipinski definition) is 2. The van der Waals surface area contributed by atoms with Crippen molar-refractivity contribution in [3.8, 4) is 0 Å². The molecule has 2 amide bonds. The summed E-state index contributed by atoms with van der Waals surface area (Å²) >= 11 is 0. The maximum absolute atomic E-state index is 13.3. The Morgan fingerprint density at radius 2 is 2.22 bits per heavy atom. The predicted octanol–water partition coefficient (Wildman–Crippen LogP) is 0.968. The van der Waals surface area contributed by atoms with Crippen LogP contribution in [0.25, 0.3) is 0 Å². The molecule has 1 aliphatic heterocycles. The van der Waals surface area contributed by atoms with Crippen LogP contribution in [0.3, 0.4) is 0 Å². The van der Waals surface area contributed by atoms with Crippen LogP contribution in [-0.4, -0.2) is 18.4 Å². The topological polar surface area (TPSA) is 58.2 Å². The molecular formula is C13H15FN2O2. The van der Waals surface area contributed by atoms with E-state index in [-0.39, 0.29) is 36.5 Å². The summed E-state index contributed by atoms with van der Waals surface area (Å²) in [4.78, 5) is 23.0. The number of benzene rings is 1. The number of carbonyl (C=O) groups excluding carboxylic acids is 2. The van der Waals surface area contributed by atoms with Crippen LogP contribution in [0.5, 0.6) is 0 Å². The lowest BCUT2D eigenvalue weighted by molar-refractivity contribution is -0.132. The SMILES string of the molecule is O=C1CC(C(=O)NCc2ccccc2F)CCN1. The average molecular weight is 250 g/mol. The van der Waals surface area contributed by atoms with E-state index in [4.69, 9.17) is 0 Å². The molecule has 0 bridgehead atoms. The Bertz CT molecular complexity index is 462. The first-order valence-electron chi connectivity index (χ1n) is 5.94. The molecule has 0 radical (unpaired) electrons. The average Bonchev–Trinajstić information content (AvgIpc) is 2.37. The largest absolute Gasteiger partial charge is 0.356 e. The summed E-state index contributed by atoms with van der Waals surface area (Å²) in [6, 6.07) is 6.31. The molecule has 2 rings (SSSR count). The minimum absolute atomic E-state index is 0.104. The standard InChI is InChI=1S/C13H15FN2O2/c14-11-4-2-1-3-10(11)8-16-13(18)9-5-6-15-12(17)7-9/h1-4,9H,5-8H2,(H,15,17)(H,16,18). The van der Waals surface area contributed by atoms with E-state index in [9.17, 15) is 14.0 Å². The van der Waals surface area contributed by atoms with Crippen molar-refractivity contribution in [2.24, 2.45) is 5.92 Å². The highest BCUT2D eigenvalue weighted by atomic mass is 19.1. The molecule has 1 unspecified atom stereocenters. The van der Waals surface area contributed by atoms with Gasteiger partial charge in [-0.05, 0) is 12.5 Å². The maximum Gasteiger partial charge on any atom is 0.223 e. The van der Waals surface area contributed by atoms with E-state index in [1.54, 1.807) is 18.2 Å². The third kappa shape index (κ3) is 3.06. The van der Waals surface area contributed by atoms with Gasteiger partial charge in [-0.2, -0.15) is 0 Å². The highest BCUT2D eigenvalue weighted by molar-refractivity contribution is 5.86. The van der Waals surface area contributed by atoms with E-state index in [1.165, 1.54) is 6.07 Å². The van der Waals surface area contributed by atoms with Gasteiger partial charge in [0.25, 0.3) is 0 Å². The number of nitrogens with one attached hydrogen (secondary N) is 2. The van der Waals surface area contributed by atoms with E-state index in [0.717, 1.165) is 0 Å². The quantitative estimate of drug-likeness (QED) is 0.839. The number of piperidine rings is 1. The Balaban J connectivity index is 1.88. The second-order valence-corrected chi connectivity index (χ2v) is 4.35. The Hall–Kier alpha value is -1.91. The molecule has 1 aromatic carbocycles. The van der Waals surface area contributed by atoms with Crippen molar-refractivity contribution in [1.82, 2.24) is 10.6 Å². The molecule has 5 heteroatoms. The summed E-state index contributed by atoms with van der Waals surface area (Å²) in [6.45, 7) is 0.681.